The Kier molecular flexibility index (Phi) is 4.86. The topological polar surface area (TPSA) is 46.2 Å². The molecule has 2 rings (SSSR count). The SMILES string of the molecule is CCC(CC)C(C)NC1CCS(=O)(=O)c2ccccc21. The predicted octanol–water partition coefficient (Wildman–Crippen LogP) is 3.32. The van der Waals surface area contributed by atoms with Crippen LogP contribution in [0.1, 0.15) is 51.6 Å². The summed E-state index contributed by atoms with van der Waals surface area (Å²) in [6.07, 6.45) is 2.97. The summed E-state index contributed by atoms with van der Waals surface area (Å²) in [6.45, 7) is 6.64. The van der Waals surface area contributed by atoms with Gasteiger partial charge in [0.05, 0.1) is 10.6 Å². The highest BCUT2D eigenvalue weighted by molar-refractivity contribution is 7.91. The van der Waals surface area contributed by atoms with E-state index in [2.05, 4.69) is 26.1 Å². The molecule has 1 aliphatic heterocycles. The molecule has 0 spiro atoms. The standard InChI is InChI=1S/C16H25NO2S/c1-4-13(5-2)12(3)17-15-10-11-20(18,19)16-9-7-6-8-14(15)16/h6-9,12-13,15,17H,4-5,10-11H2,1-3H3. The van der Waals surface area contributed by atoms with Crippen molar-refractivity contribution >= 4 is 9.84 Å². The summed E-state index contributed by atoms with van der Waals surface area (Å²) in [5.41, 5.74) is 0.941. The summed E-state index contributed by atoms with van der Waals surface area (Å²) in [4.78, 5) is 0.514. The predicted molar refractivity (Wildman–Crippen MR) is 82.5 cm³/mol. The zero-order chi connectivity index (χ0) is 14.8. The average Bonchev–Trinajstić information content (AvgIpc) is 2.44. The molecule has 3 nitrogen and oxygen atoms in total. The summed E-state index contributed by atoms with van der Waals surface area (Å²) >= 11 is 0. The van der Waals surface area contributed by atoms with Crippen molar-refractivity contribution in [2.75, 3.05) is 5.75 Å². The van der Waals surface area contributed by atoms with Gasteiger partial charge in [-0.1, -0.05) is 44.9 Å². The number of rotatable bonds is 5. The maximum absolute atomic E-state index is 12.1. The fraction of sp³-hybridized carbons (Fsp3) is 0.625. The molecule has 0 aliphatic carbocycles. The lowest BCUT2D eigenvalue weighted by molar-refractivity contribution is 0.315. The second-order valence-electron chi connectivity index (χ2n) is 5.73. The van der Waals surface area contributed by atoms with E-state index in [0.717, 1.165) is 18.4 Å². The largest absolute Gasteiger partial charge is 0.307 e. The van der Waals surface area contributed by atoms with Crippen molar-refractivity contribution < 1.29 is 8.42 Å². The molecule has 112 valence electrons. The monoisotopic (exact) mass is 295 g/mol. The van der Waals surface area contributed by atoms with Crippen LogP contribution in [0.5, 0.6) is 0 Å². The molecule has 0 radical (unpaired) electrons. The third-order valence-electron chi connectivity index (χ3n) is 4.52. The summed E-state index contributed by atoms with van der Waals surface area (Å²) in [6, 6.07) is 7.98. The molecule has 1 N–H and O–H groups in total. The molecule has 0 amide bonds. The lowest BCUT2D eigenvalue weighted by atomic mass is 9.93. The van der Waals surface area contributed by atoms with Crippen LogP contribution in [0.4, 0.5) is 0 Å². The lowest BCUT2D eigenvalue weighted by Crippen LogP contribution is -2.39. The van der Waals surface area contributed by atoms with Gasteiger partial charge in [-0.2, -0.15) is 0 Å². The Labute approximate surface area is 122 Å². The molecule has 1 aromatic rings. The first-order valence-corrected chi connectivity index (χ1v) is 9.22. The number of fused-ring (bicyclic) bond motifs is 1. The van der Waals surface area contributed by atoms with Gasteiger partial charge >= 0.3 is 0 Å². The van der Waals surface area contributed by atoms with Crippen LogP contribution in [0, 0.1) is 5.92 Å². The Balaban J connectivity index is 2.23. The number of hydrogen-bond acceptors (Lipinski definition) is 3. The molecule has 0 aromatic heterocycles. The summed E-state index contributed by atoms with van der Waals surface area (Å²) < 4.78 is 24.2. The number of sulfone groups is 1. The van der Waals surface area contributed by atoms with Gasteiger partial charge in [0.2, 0.25) is 0 Å². The van der Waals surface area contributed by atoms with E-state index >= 15 is 0 Å². The Morgan fingerprint density at radius 3 is 2.55 bits per heavy atom. The molecule has 2 unspecified atom stereocenters. The average molecular weight is 295 g/mol. The van der Waals surface area contributed by atoms with Gasteiger partial charge in [-0.3, -0.25) is 0 Å². The third-order valence-corrected chi connectivity index (χ3v) is 6.34. The van der Waals surface area contributed by atoms with Crippen molar-refractivity contribution in [3.8, 4) is 0 Å². The van der Waals surface area contributed by atoms with Crippen molar-refractivity contribution in [1.29, 1.82) is 0 Å². The van der Waals surface area contributed by atoms with Gasteiger partial charge in [0.1, 0.15) is 0 Å². The minimum absolute atomic E-state index is 0.158. The second-order valence-corrected chi connectivity index (χ2v) is 7.81. The summed E-state index contributed by atoms with van der Waals surface area (Å²) in [5.74, 6) is 0.887. The Hall–Kier alpha value is -0.870. The van der Waals surface area contributed by atoms with E-state index in [1.807, 2.05) is 18.2 Å². The zero-order valence-electron chi connectivity index (χ0n) is 12.6. The van der Waals surface area contributed by atoms with E-state index in [4.69, 9.17) is 0 Å². The van der Waals surface area contributed by atoms with Gasteiger partial charge in [0.15, 0.2) is 9.84 Å². The van der Waals surface area contributed by atoms with Gasteiger partial charge in [0, 0.05) is 12.1 Å². The fourth-order valence-electron chi connectivity index (χ4n) is 3.21. The van der Waals surface area contributed by atoms with Crippen LogP contribution in [-0.4, -0.2) is 20.2 Å². The normalized spacial score (nSPS) is 22.5. The van der Waals surface area contributed by atoms with Crippen molar-refractivity contribution in [1.82, 2.24) is 5.32 Å². The van der Waals surface area contributed by atoms with Crippen LogP contribution in [0.15, 0.2) is 29.2 Å². The minimum Gasteiger partial charge on any atom is -0.307 e. The van der Waals surface area contributed by atoms with Gasteiger partial charge in [-0.25, -0.2) is 8.42 Å². The summed E-state index contributed by atoms with van der Waals surface area (Å²) in [7, 11) is -3.08. The van der Waals surface area contributed by atoms with Crippen LogP contribution in [-0.2, 0) is 9.84 Å². The second kappa shape index (κ2) is 6.27. The molecule has 0 saturated heterocycles. The first-order valence-electron chi connectivity index (χ1n) is 7.57. The van der Waals surface area contributed by atoms with Crippen molar-refractivity contribution in [3.63, 3.8) is 0 Å². The molecule has 1 aliphatic rings. The van der Waals surface area contributed by atoms with Gasteiger partial charge < -0.3 is 5.32 Å². The smallest absolute Gasteiger partial charge is 0.178 e. The Morgan fingerprint density at radius 1 is 1.25 bits per heavy atom. The molecule has 1 aromatic carbocycles. The summed E-state index contributed by atoms with van der Waals surface area (Å²) in [5, 5.41) is 3.65. The van der Waals surface area contributed by atoms with E-state index in [9.17, 15) is 8.42 Å². The van der Waals surface area contributed by atoms with Crippen LogP contribution < -0.4 is 5.32 Å². The van der Waals surface area contributed by atoms with Gasteiger partial charge in [-0.15, -0.1) is 0 Å². The first-order chi connectivity index (χ1) is 9.49. The highest BCUT2D eigenvalue weighted by atomic mass is 32.2. The lowest BCUT2D eigenvalue weighted by Gasteiger charge is -2.32. The molecule has 1 heterocycles. The van der Waals surface area contributed by atoms with Gasteiger partial charge in [0.25, 0.3) is 0 Å². The van der Waals surface area contributed by atoms with Crippen molar-refractivity contribution in [2.45, 2.75) is 57.0 Å². The molecular formula is C16H25NO2S. The minimum atomic E-state index is -3.08. The maximum atomic E-state index is 12.1. The van der Waals surface area contributed by atoms with Crippen LogP contribution in [0.2, 0.25) is 0 Å². The van der Waals surface area contributed by atoms with Crippen molar-refractivity contribution in [2.24, 2.45) is 5.92 Å². The van der Waals surface area contributed by atoms with Crippen LogP contribution >= 0.6 is 0 Å². The molecule has 0 fully saturated rings. The maximum Gasteiger partial charge on any atom is 0.178 e. The Bertz CT molecular complexity index is 549. The van der Waals surface area contributed by atoms with E-state index < -0.39 is 9.84 Å². The molecule has 20 heavy (non-hydrogen) atoms. The highest BCUT2D eigenvalue weighted by Gasteiger charge is 2.31. The van der Waals surface area contributed by atoms with Crippen LogP contribution in [0.25, 0.3) is 0 Å². The molecule has 2 atom stereocenters. The highest BCUT2D eigenvalue weighted by Crippen LogP contribution is 2.32. The Morgan fingerprint density at radius 2 is 1.90 bits per heavy atom. The van der Waals surface area contributed by atoms with E-state index in [1.54, 1.807) is 6.07 Å². The fourth-order valence-corrected chi connectivity index (χ4v) is 4.83. The molecule has 0 bridgehead atoms. The molecule has 0 saturated carbocycles. The third kappa shape index (κ3) is 3.07. The number of nitrogens with one attached hydrogen (secondary N) is 1. The van der Waals surface area contributed by atoms with Crippen molar-refractivity contribution in [3.05, 3.63) is 29.8 Å². The van der Waals surface area contributed by atoms with E-state index in [0.29, 0.717) is 23.3 Å². The van der Waals surface area contributed by atoms with Gasteiger partial charge in [-0.05, 0) is 30.9 Å². The first kappa shape index (κ1) is 15.5. The quantitative estimate of drug-likeness (QED) is 0.906. The van der Waals surface area contributed by atoms with E-state index in [-0.39, 0.29) is 11.8 Å². The molecular weight excluding hydrogens is 270 g/mol. The molecule has 4 heteroatoms. The van der Waals surface area contributed by atoms with Crippen LogP contribution in [0.3, 0.4) is 0 Å². The zero-order valence-corrected chi connectivity index (χ0v) is 13.4. The number of benzene rings is 1. The van der Waals surface area contributed by atoms with E-state index in [1.165, 1.54) is 0 Å². The number of hydrogen-bond donors (Lipinski definition) is 1.